The van der Waals surface area contributed by atoms with Gasteiger partial charge in [-0.2, -0.15) is 0 Å². The van der Waals surface area contributed by atoms with Crippen molar-refractivity contribution >= 4 is 8.56 Å². The van der Waals surface area contributed by atoms with Crippen LogP contribution in [0.5, 0.6) is 0 Å². The molecule has 0 aromatic rings. The van der Waals surface area contributed by atoms with Crippen molar-refractivity contribution in [3.63, 3.8) is 0 Å². The maximum atomic E-state index is 6.29. The largest absolute Gasteiger partial charge is 0.394 e. The van der Waals surface area contributed by atoms with Crippen LogP contribution in [0.2, 0.25) is 12.1 Å². The highest BCUT2D eigenvalue weighted by Gasteiger charge is 2.33. The SMILES string of the molecule is CCCCCCCO[Si](CC)(CC)OCC(C)CCC. The molecule has 0 saturated heterocycles. The molecule has 0 aliphatic heterocycles. The molecule has 0 aliphatic rings. The fraction of sp³-hybridized carbons (Fsp3) is 1.00. The topological polar surface area (TPSA) is 18.5 Å². The molecule has 122 valence electrons. The van der Waals surface area contributed by atoms with Crippen molar-refractivity contribution in [2.24, 2.45) is 5.92 Å². The van der Waals surface area contributed by atoms with Gasteiger partial charge in [-0.1, -0.05) is 66.7 Å². The Morgan fingerprint density at radius 2 is 1.45 bits per heavy atom. The highest BCUT2D eigenvalue weighted by Crippen LogP contribution is 2.21. The molecule has 0 radical (unpaired) electrons. The van der Waals surface area contributed by atoms with Crippen molar-refractivity contribution in [2.45, 2.75) is 91.7 Å². The molecular weight excluding hydrogens is 264 g/mol. The molecule has 0 saturated carbocycles. The average Bonchev–Trinajstić information content (AvgIpc) is 2.46. The fourth-order valence-corrected chi connectivity index (χ4v) is 5.04. The predicted molar refractivity (Wildman–Crippen MR) is 91.5 cm³/mol. The summed E-state index contributed by atoms with van der Waals surface area (Å²) in [6.45, 7) is 13.0. The number of hydrogen-bond donors (Lipinski definition) is 0. The summed E-state index contributed by atoms with van der Waals surface area (Å²) in [4.78, 5) is 0. The van der Waals surface area contributed by atoms with E-state index in [9.17, 15) is 0 Å². The smallest absolute Gasteiger partial charge is 0.337 e. The van der Waals surface area contributed by atoms with Crippen LogP contribution < -0.4 is 0 Å². The Kier molecular flexibility index (Phi) is 12.9. The first-order valence-corrected chi connectivity index (χ1v) is 11.1. The van der Waals surface area contributed by atoms with Crippen LogP contribution in [0, 0.1) is 5.92 Å². The van der Waals surface area contributed by atoms with Crippen molar-refractivity contribution in [1.29, 1.82) is 0 Å². The second-order valence-electron chi connectivity index (χ2n) is 6.09. The lowest BCUT2D eigenvalue weighted by Gasteiger charge is -2.30. The summed E-state index contributed by atoms with van der Waals surface area (Å²) >= 11 is 0. The Labute approximate surface area is 128 Å². The molecule has 0 fully saturated rings. The lowest BCUT2D eigenvalue weighted by atomic mass is 10.1. The van der Waals surface area contributed by atoms with E-state index in [4.69, 9.17) is 8.85 Å². The van der Waals surface area contributed by atoms with Crippen LogP contribution in [0.3, 0.4) is 0 Å². The van der Waals surface area contributed by atoms with Crippen molar-refractivity contribution in [3.8, 4) is 0 Å². The summed E-state index contributed by atoms with van der Waals surface area (Å²) < 4.78 is 12.5. The molecule has 0 aromatic heterocycles. The molecule has 0 aromatic carbocycles. The lowest BCUT2D eigenvalue weighted by Crippen LogP contribution is -2.42. The highest BCUT2D eigenvalue weighted by molar-refractivity contribution is 6.67. The third-order valence-corrected chi connectivity index (χ3v) is 7.68. The maximum Gasteiger partial charge on any atom is 0.337 e. The molecule has 3 heteroatoms. The van der Waals surface area contributed by atoms with Gasteiger partial charge in [-0.3, -0.25) is 0 Å². The van der Waals surface area contributed by atoms with Gasteiger partial charge in [-0.15, -0.1) is 0 Å². The number of unbranched alkanes of at least 4 members (excludes halogenated alkanes) is 4. The molecule has 0 amide bonds. The van der Waals surface area contributed by atoms with E-state index < -0.39 is 8.56 Å². The minimum atomic E-state index is -1.90. The lowest BCUT2D eigenvalue weighted by molar-refractivity contribution is 0.144. The van der Waals surface area contributed by atoms with Gasteiger partial charge in [0.05, 0.1) is 0 Å². The third-order valence-electron chi connectivity index (χ3n) is 4.10. The van der Waals surface area contributed by atoms with Crippen LogP contribution in [-0.4, -0.2) is 21.8 Å². The van der Waals surface area contributed by atoms with E-state index in [1.807, 2.05) is 0 Å². The average molecular weight is 303 g/mol. The van der Waals surface area contributed by atoms with E-state index in [-0.39, 0.29) is 0 Å². The Hall–Kier alpha value is 0.137. The Morgan fingerprint density at radius 3 is 2.00 bits per heavy atom. The molecule has 2 nitrogen and oxygen atoms in total. The summed E-state index contributed by atoms with van der Waals surface area (Å²) in [5.74, 6) is 0.665. The predicted octanol–water partition coefficient (Wildman–Crippen LogP) is 5.91. The van der Waals surface area contributed by atoms with Gasteiger partial charge in [0.1, 0.15) is 0 Å². The van der Waals surface area contributed by atoms with Gasteiger partial charge in [0.15, 0.2) is 0 Å². The number of hydrogen-bond acceptors (Lipinski definition) is 2. The first-order chi connectivity index (χ1) is 9.64. The maximum absolute atomic E-state index is 6.29. The third kappa shape index (κ3) is 9.14. The van der Waals surface area contributed by atoms with Gasteiger partial charge in [0.25, 0.3) is 0 Å². The van der Waals surface area contributed by atoms with Crippen molar-refractivity contribution in [3.05, 3.63) is 0 Å². The highest BCUT2D eigenvalue weighted by atomic mass is 28.4. The van der Waals surface area contributed by atoms with Gasteiger partial charge < -0.3 is 8.85 Å². The van der Waals surface area contributed by atoms with Gasteiger partial charge in [-0.05, 0) is 30.8 Å². The molecule has 0 bridgehead atoms. The van der Waals surface area contributed by atoms with Crippen LogP contribution in [-0.2, 0) is 8.85 Å². The second-order valence-corrected chi connectivity index (χ2v) is 9.90. The van der Waals surface area contributed by atoms with Crippen LogP contribution in [0.4, 0.5) is 0 Å². The summed E-state index contributed by atoms with van der Waals surface area (Å²) in [6, 6.07) is 2.16. The first-order valence-electron chi connectivity index (χ1n) is 8.91. The van der Waals surface area contributed by atoms with Crippen LogP contribution in [0.25, 0.3) is 0 Å². The zero-order valence-electron chi connectivity index (χ0n) is 14.7. The van der Waals surface area contributed by atoms with Crippen LogP contribution in [0.15, 0.2) is 0 Å². The molecule has 0 rings (SSSR count). The number of rotatable bonds is 14. The zero-order valence-corrected chi connectivity index (χ0v) is 15.7. The summed E-state index contributed by atoms with van der Waals surface area (Å²) in [5.41, 5.74) is 0. The monoisotopic (exact) mass is 302 g/mol. The van der Waals surface area contributed by atoms with Gasteiger partial charge >= 0.3 is 8.56 Å². The molecule has 20 heavy (non-hydrogen) atoms. The zero-order chi connectivity index (χ0) is 15.3. The van der Waals surface area contributed by atoms with Crippen LogP contribution in [0.1, 0.15) is 79.6 Å². The van der Waals surface area contributed by atoms with Gasteiger partial charge in [-0.25, -0.2) is 0 Å². The second kappa shape index (κ2) is 12.8. The molecule has 0 N–H and O–H groups in total. The Balaban J connectivity index is 3.98. The van der Waals surface area contributed by atoms with E-state index >= 15 is 0 Å². The molecule has 0 spiro atoms. The molecule has 1 atom stereocenters. The quantitative estimate of drug-likeness (QED) is 0.293. The molecular formula is C17H38O2Si. The summed E-state index contributed by atoms with van der Waals surface area (Å²) in [5, 5.41) is 0. The standard InChI is InChI=1S/C17H38O2Si/c1-6-10-11-12-13-15-18-20(8-3,9-4)19-16-17(5)14-7-2/h17H,6-16H2,1-5H3. The van der Waals surface area contributed by atoms with Crippen LogP contribution >= 0.6 is 0 Å². The fourth-order valence-electron chi connectivity index (χ4n) is 2.53. The Bertz CT molecular complexity index is 205. The molecule has 0 heterocycles. The minimum Gasteiger partial charge on any atom is -0.394 e. The van der Waals surface area contributed by atoms with Crippen molar-refractivity contribution in [1.82, 2.24) is 0 Å². The first kappa shape index (κ1) is 20.1. The summed E-state index contributed by atoms with van der Waals surface area (Å²) in [7, 11) is -1.90. The van der Waals surface area contributed by atoms with Gasteiger partial charge in [0.2, 0.25) is 0 Å². The van der Waals surface area contributed by atoms with E-state index in [1.165, 1.54) is 44.9 Å². The normalized spacial score (nSPS) is 13.7. The minimum absolute atomic E-state index is 0.665. The summed E-state index contributed by atoms with van der Waals surface area (Å²) in [6.07, 6.45) is 9.02. The van der Waals surface area contributed by atoms with E-state index in [2.05, 4.69) is 34.6 Å². The van der Waals surface area contributed by atoms with E-state index in [0.717, 1.165) is 25.3 Å². The molecule has 1 unspecified atom stereocenters. The van der Waals surface area contributed by atoms with Crippen molar-refractivity contribution < 1.29 is 8.85 Å². The van der Waals surface area contributed by atoms with E-state index in [1.54, 1.807) is 0 Å². The van der Waals surface area contributed by atoms with Gasteiger partial charge in [0, 0.05) is 13.2 Å². The molecule has 0 aliphatic carbocycles. The Morgan fingerprint density at radius 1 is 0.800 bits per heavy atom. The van der Waals surface area contributed by atoms with E-state index in [0.29, 0.717) is 5.92 Å². The van der Waals surface area contributed by atoms with Crippen molar-refractivity contribution in [2.75, 3.05) is 13.2 Å².